The molecule has 2 amide bonds. The number of ether oxygens (including phenoxy) is 2. The number of carbonyl (C=O) groups excluding carboxylic acids is 2. The normalized spacial score (nSPS) is 23.1. The highest BCUT2D eigenvalue weighted by Gasteiger charge is 2.44. The van der Waals surface area contributed by atoms with E-state index in [0.29, 0.717) is 24.5 Å². The number of hydrogen-bond acceptors (Lipinski definition) is 5. The van der Waals surface area contributed by atoms with E-state index in [1.54, 1.807) is 0 Å². The molecule has 2 fully saturated rings. The summed E-state index contributed by atoms with van der Waals surface area (Å²) in [4.78, 5) is 26.4. The van der Waals surface area contributed by atoms with Gasteiger partial charge in [-0.1, -0.05) is 0 Å². The molecule has 7 heteroatoms. The average Bonchev–Trinajstić information content (AvgIpc) is 3.18. The van der Waals surface area contributed by atoms with Gasteiger partial charge < -0.3 is 20.1 Å². The van der Waals surface area contributed by atoms with Crippen LogP contribution < -0.4 is 20.1 Å². The van der Waals surface area contributed by atoms with E-state index in [4.69, 9.17) is 9.47 Å². The van der Waals surface area contributed by atoms with E-state index >= 15 is 0 Å². The number of carbonyl (C=O) groups is 2. The molecule has 3 aliphatic rings. The standard InChI is InChI=1S/C19H25N3O4/c1-18(2)17(24)20-9-10-22(18)12-16(23)21-13-5-6-14-15(11-13)26-19(25-14)7-3-4-8-19/h5-6,11H,3-4,7-10,12H2,1-2H3,(H,20,24)(H,21,23). The number of nitrogens with one attached hydrogen (secondary N) is 2. The van der Waals surface area contributed by atoms with E-state index in [2.05, 4.69) is 10.6 Å². The zero-order valence-electron chi connectivity index (χ0n) is 15.3. The van der Waals surface area contributed by atoms with Crippen molar-refractivity contribution in [3.63, 3.8) is 0 Å². The van der Waals surface area contributed by atoms with Crippen LogP contribution in [0.25, 0.3) is 0 Å². The molecule has 1 aromatic rings. The van der Waals surface area contributed by atoms with Gasteiger partial charge in [-0.2, -0.15) is 0 Å². The van der Waals surface area contributed by atoms with Crippen molar-refractivity contribution in [1.29, 1.82) is 0 Å². The van der Waals surface area contributed by atoms with E-state index in [9.17, 15) is 9.59 Å². The Balaban J connectivity index is 1.41. The maximum Gasteiger partial charge on any atom is 0.251 e. The molecule has 2 N–H and O–H groups in total. The number of anilines is 1. The Hall–Kier alpha value is -2.28. The van der Waals surface area contributed by atoms with Gasteiger partial charge in [0.1, 0.15) is 0 Å². The zero-order chi connectivity index (χ0) is 18.4. The number of rotatable bonds is 3. The van der Waals surface area contributed by atoms with Crippen LogP contribution in [0.15, 0.2) is 18.2 Å². The first-order valence-corrected chi connectivity index (χ1v) is 9.23. The van der Waals surface area contributed by atoms with Gasteiger partial charge >= 0.3 is 0 Å². The summed E-state index contributed by atoms with van der Waals surface area (Å²) in [6, 6.07) is 5.48. The maximum absolute atomic E-state index is 12.5. The number of piperazine rings is 1. The van der Waals surface area contributed by atoms with Crippen LogP contribution in [-0.4, -0.2) is 47.7 Å². The number of nitrogens with zero attached hydrogens (tertiary/aromatic N) is 1. The monoisotopic (exact) mass is 359 g/mol. The summed E-state index contributed by atoms with van der Waals surface area (Å²) in [7, 11) is 0. The lowest BCUT2D eigenvalue weighted by atomic mass is 9.99. The van der Waals surface area contributed by atoms with Crippen LogP contribution in [0, 0.1) is 0 Å². The van der Waals surface area contributed by atoms with Crippen molar-refractivity contribution in [3.8, 4) is 11.5 Å². The van der Waals surface area contributed by atoms with Gasteiger partial charge in [-0.05, 0) is 38.8 Å². The maximum atomic E-state index is 12.5. The lowest BCUT2D eigenvalue weighted by Gasteiger charge is -2.40. The fourth-order valence-corrected chi connectivity index (χ4v) is 3.88. The minimum atomic E-state index is -0.695. The van der Waals surface area contributed by atoms with E-state index in [1.165, 1.54) is 0 Å². The number of fused-ring (bicyclic) bond motifs is 1. The molecule has 1 saturated heterocycles. The van der Waals surface area contributed by atoms with Crippen LogP contribution in [0.5, 0.6) is 11.5 Å². The molecule has 2 heterocycles. The van der Waals surface area contributed by atoms with Gasteiger partial charge in [-0.15, -0.1) is 0 Å². The minimum absolute atomic E-state index is 0.0542. The van der Waals surface area contributed by atoms with Crippen LogP contribution in [0.2, 0.25) is 0 Å². The molecule has 1 spiro atoms. The number of hydrogen-bond donors (Lipinski definition) is 2. The van der Waals surface area contributed by atoms with Crippen molar-refractivity contribution >= 4 is 17.5 Å². The molecule has 0 atom stereocenters. The predicted octanol–water partition coefficient (Wildman–Crippen LogP) is 1.88. The lowest BCUT2D eigenvalue weighted by molar-refractivity contribution is -0.136. The van der Waals surface area contributed by atoms with E-state index in [0.717, 1.165) is 31.4 Å². The van der Waals surface area contributed by atoms with Crippen LogP contribution in [0.1, 0.15) is 39.5 Å². The summed E-state index contributed by atoms with van der Waals surface area (Å²) in [6.45, 7) is 5.03. The van der Waals surface area contributed by atoms with Gasteiger partial charge in [0.25, 0.3) is 5.79 Å². The fraction of sp³-hybridized carbons (Fsp3) is 0.579. The Kier molecular flexibility index (Phi) is 4.06. The number of benzene rings is 1. The molecule has 0 bridgehead atoms. The second-order valence-electron chi connectivity index (χ2n) is 7.77. The first-order valence-electron chi connectivity index (χ1n) is 9.23. The largest absolute Gasteiger partial charge is 0.448 e. The van der Waals surface area contributed by atoms with Gasteiger partial charge in [-0.25, -0.2) is 0 Å². The second-order valence-corrected chi connectivity index (χ2v) is 7.77. The highest BCUT2D eigenvalue weighted by molar-refractivity contribution is 5.94. The molecule has 0 unspecified atom stereocenters. The Morgan fingerprint density at radius 3 is 2.73 bits per heavy atom. The Bertz CT molecular complexity index is 740. The molecule has 1 aliphatic carbocycles. The third kappa shape index (κ3) is 3.00. The molecule has 0 aromatic heterocycles. The summed E-state index contributed by atoms with van der Waals surface area (Å²) >= 11 is 0. The third-order valence-corrected chi connectivity index (χ3v) is 5.53. The Morgan fingerprint density at radius 2 is 1.96 bits per heavy atom. The Morgan fingerprint density at radius 1 is 1.23 bits per heavy atom. The topological polar surface area (TPSA) is 79.9 Å². The van der Waals surface area contributed by atoms with Crippen molar-refractivity contribution in [1.82, 2.24) is 10.2 Å². The quantitative estimate of drug-likeness (QED) is 0.861. The summed E-state index contributed by atoms with van der Waals surface area (Å²) in [6.07, 6.45) is 4.01. The number of amides is 2. The zero-order valence-corrected chi connectivity index (χ0v) is 15.3. The lowest BCUT2D eigenvalue weighted by Crippen LogP contribution is -2.62. The highest BCUT2D eigenvalue weighted by atomic mass is 16.7. The van der Waals surface area contributed by atoms with Crippen molar-refractivity contribution in [2.45, 2.75) is 50.9 Å². The van der Waals surface area contributed by atoms with E-state index in [-0.39, 0.29) is 18.4 Å². The smallest absolute Gasteiger partial charge is 0.251 e. The van der Waals surface area contributed by atoms with Crippen LogP contribution >= 0.6 is 0 Å². The molecular formula is C19H25N3O4. The highest BCUT2D eigenvalue weighted by Crippen LogP contribution is 2.47. The minimum Gasteiger partial charge on any atom is -0.448 e. The fourth-order valence-electron chi connectivity index (χ4n) is 3.88. The average molecular weight is 359 g/mol. The molecular weight excluding hydrogens is 334 g/mol. The summed E-state index contributed by atoms with van der Waals surface area (Å²) in [5, 5.41) is 5.74. The molecule has 4 rings (SSSR count). The van der Waals surface area contributed by atoms with Gasteiger partial charge in [-0.3, -0.25) is 14.5 Å². The molecule has 2 aliphatic heterocycles. The molecule has 1 saturated carbocycles. The second kappa shape index (κ2) is 6.16. The van der Waals surface area contributed by atoms with E-state index in [1.807, 2.05) is 36.9 Å². The predicted molar refractivity (Wildman–Crippen MR) is 96.2 cm³/mol. The van der Waals surface area contributed by atoms with Crippen molar-refractivity contribution < 1.29 is 19.1 Å². The summed E-state index contributed by atoms with van der Waals surface area (Å²) < 4.78 is 12.0. The molecule has 26 heavy (non-hydrogen) atoms. The van der Waals surface area contributed by atoms with Gasteiger partial charge in [0.05, 0.1) is 12.1 Å². The van der Waals surface area contributed by atoms with Gasteiger partial charge in [0.2, 0.25) is 11.8 Å². The first-order chi connectivity index (χ1) is 12.4. The molecule has 0 radical (unpaired) electrons. The van der Waals surface area contributed by atoms with Crippen molar-refractivity contribution in [2.75, 3.05) is 25.0 Å². The van der Waals surface area contributed by atoms with Gasteiger partial charge in [0, 0.05) is 37.7 Å². The van der Waals surface area contributed by atoms with Crippen molar-refractivity contribution in [2.24, 2.45) is 0 Å². The van der Waals surface area contributed by atoms with E-state index < -0.39 is 11.3 Å². The SMILES string of the molecule is CC1(C)C(=O)NCCN1CC(=O)Nc1ccc2c(c1)OC1(CCCC1)O2. The van der Waals surface area contributed by atoms with Gasteiger partial charge in [0.15, 0.2) is 11.5 Å². The molecule has 7 nitrogen and oxygen atoms in total. The van der Waals surface area contributed by atoms with Crippen molar-refractivity contribution in [3.05, 3.63) is 18.2 Å². The third-order valence-electron chi connectivity index (χ3n) is 5.53. The first kappa shape index (κ1) is 17.1. The van der Waals surface area contributed by atoms with Crippen LogP contribution in [-0.2, 0) is 9.59 Å². The van der Waals surface area contributed by atoms with Crippen LogP contribution in [0.3, 0.4) is 0 Å². The Labute approximate surface area is 153 Å². The molecule has 140 valence electrons. The van der Waals surface area contributed by atoms with Crippen LogP contribution in [0.4, 0.5) is 5.69 Å². The molecule has 1 aromatic carbocycles. The summed E-state index contributed by atoms with van der Waals surface area (Å²) in [5.74, 6) is 0.709. The summed E-state index contributed by atoms with van der Waals surface area (Å²) in [5.41, 5.74) is -0.0223.